The van der Waals surface area contributed by atoms with Crippen LogP contribution in [0.4, 0.5) is 0 Å². The van der Waals surface area contributed by atoms with Crippen LogP contribution in [0.1, 0.15) is 18.9 Å². The lowest BCUT2D eigenvalue weighted by Crippen LogP contribution is -1.85. The summed E-state index contributed by atoms with van der Waals surface area (Å²) in [7, 11) is 0. The van der Waals surface area contributed by atoms with Crippen LogP contribution >= 0.6 is 0 Å². The second-order valence-corrected chi connectivity index (χ2v) is 1.53. The van der Waals surface area contributed by atoms with E-state index < -0.39 is 0 Å². The maximum absolute atomic E-state index is 10.4. The summed E-state index contributed by atoms with van der Waals surface area (Å²) in [6.45, 7) is 1.47. The van der Waals surface area contributed by atoms with Crippen molar-refractivity contribution < 1.29 is 10.6 Å². The van der Waals surface area contributed by atoms with Crippen LogP contribution in [0.2, 0.25) is 0 Å². The predicted octanol–water partition coefficient (Wildman–Crippen LogP) is 1.59. The molecule has 1 heterocycles. The molecule has 0 atom stereocenters. The van der Waals surface area contributed by atoms with Crippen molar-refractivity contribution in [3.63, 3.8) is 0 Å². The number of Topliss-reactive ketones (excluding diaryl/α,β-unsaturated/α-hetero) is 1. The molecular formula is C6H7O2+. The van der Waals surface area contributed by atoms with E-state index in [1.807, 2.05) is 0 Å². The van der Waals surface area contributed by atoms with Crippen molar-refractivity contribution in [3.8, 4) is 0 Å². The Labute approximate surface area is 48.6 Å². The molecule has 0 saturated heterocycles. The summed E-state index contributed by atoms with van der Waals surface area (Å²) >= 11 is 0. The number of furan rings is 1. The first-order valence-corrected chi connectivity index (χ1v) is 2.35. The minimum Gasteiger partial charge on any atom is -0.461 e. The van der Waals surface area contributed by atoms with Gasteiger partial charge in [-0.1, -0.05) is 0 Å². The Hall–Kier alpha value is -1.05. The highest BCUT2D eigenvalue weighted by atomic mass is 16.3. The SMILES string of the molecule is CC(=O)c1ccco1.[H+]. The lowest BCUT2D eigenvalue weighted by molar-refractivity contribution is 0.0987. The Balaban J connectivity index is 0.000000640. The topological polar surface area (TPSA) is 30.2 Å². The molecule has 42 valence electrons. The van der Waals surface area contributed by atoms with E-state index in [1.54, 1.807) is 12.1 Å². The molecule has 0 bridgehead atoms. The molecule has 1 aromatic heterocycles. The summed E-state index contributed by atoms with van der Waals surface area (Å²) in [6.07, 6.45) is 1.48. The van der Waals surface area contributed by atoms with Gasteiger partial charge in [-0.2, -0.15) is 0 Å². The van der Waals surface area contributed by atoms with Crippen LogP contribution in [0.15, 0.2) is 22.8 Å². The van der Waals surface area contributed by atoms with E-state index in [0.717, 1.165) is 0 Å². The monoisotopic (exact) mass is 111 g/mol. The van der Waals surface area contributed by atoms with Gasteiger partial charge in [-0.05, 0) is 12.1 Å². The first-order valence-electron chi connectivity index (χ1n) is 2.35. The van der Waals surface area contributed by atoms with Crippen molar-refractivity contribution in [1.82, 2.24) is 0 Å². The van der Waals surface area contributed by atoms with Crippen molar-refractivity contribution in [2.45, 2.75) is 6.92 Å². The summed E-state index contributed by atoms with van der Waals surface area (Å²) in [6, 6.07) is 3.33. The molecule has 0 N–H and O–H groups in total. The van der Waals surface area contributed by atoms with Gasteiger partial charge in [0.05, 0.1) is 6.26 Å². The van der Waals surface area contributed by atoms with Gasteiger partial charge in [0.1, 0.15) is 0 Å². The molecule has 0 unspecified atom stereocenters. The molecule has 0 aliphatic carbocycles. The average molecular weight is 111 g/mol. The van der Waals surface area contributed by atoms with E-state index in [4.69, 9.17) is 4.42 Å². The van der Waals surface area contributed by atoms with Gasteiger partial charge in [0.2, 0.25) is 0 Å². The molecular weight excluding hydrogens is 104 g/mol. The van der Waals surface area contributed by atoms with Crippen LogP contribution in [-0.2, 0) is 0 Å². The highest BCUT2D eigenvalue weighted by Crippen LogP contribution is 1.98. The minimum atomic E-state index is -0.0324. The number of hydrogen-bond acceptors (Lipinski definition) is 2. The van der Waals surface area contributed by atoms with Crippen LogP contribution in [0, 0.1) is 0 Å². The largest absolute Gasteiger partial charge is 1.00 e. The number of ketones is 1. The van der Waals surface area contributed by atoms with Crippen LogP contribution in [0.5, 0.6) is 0 Å². The van der Waals surface area contributed by atoms with Crippen molar-refractivity contribution in [2.24, 2.45) is 0 Å². The van der Waals surface area contributed by atoms with Gasteiger partial charge in [0.15, 0.2) is 11.5 Å². The molecule has 0 fully saturated rings. The molecule has 0 radical (unpaired) electrons. The molecule has 0 aliphatic rings. The van der Waals surface area contributed by atoms with E-state index in [-0.39, 0.29) is 7.21 Å². The molecule has 2 nitrogen and oxygen atoms in total. The summed E-state index contributed by atoms with van der Waals surface area (Å²) in [5, 5.41) is 0. The Bertz CT molecular complexity index is 179. The van der Waals surface area contributed by atoms with Crippen molar-refractivity contribution in [3.05, 3.63) is 24.2 Å². The molecule has 1 aromatic rings. The summed E-state index contributed by atoms with van der Waals surface area (Å²) in [5.74, 6) is 0.389. The Morgan fingerprint density at radius 2 is 2.62 bits per heavy atom. The Morgan fingerprint density at radius 1 is 1.88 bits per heavy atom. The third kappa shape index (κ3) is 0.780. The van der Waals surface area contributed by atoms with Crippen LogP contribution in [0.3, 0.4) is 0 Å². The third-order valence-electron chi connectivity index (χ3n) is 0.868. The van der Waals surface area contributed by atoms with Gasteiger partial charge in [0, 0.05) is 6.92 Å². The fraction of sp³-hybridized carbons (Fsp3) is 0.167. The summed E-state index contributed by atoms with van der Waals surface area (Å²) in [4.78, 5) is 10.4. The van der Waals surface area contributed by atoms with Crippen molar-refractivity contribution in [2.75, 3.05) is 0 Å². The number of carbonyl (C=O) groups is 1. The number of hydrogen-bond donors (Lipinski definition) is 0. The minimum absolute atomic E-state index is 0. The maximum Gasteiger partial charge on any atom is 1.00 e. The quantitative estimate of drug-likeness (QED) is 0.515. The Kier molecular flexibility index (Phi) is 1.16. The molecule has 8 heavy (non-hydrogen) atoms. The summed E-state index contributed by atoms with van der Waals surface area (Å²) < 4.78 is 4.75. The maximum atomic E-state index is 10.4. The molecule has 0 spiro atoms. The van der Waals surface area contributed by atoms with Gasteiger partial charge < -0.3 is 4.42 Å². The van der Waals surface area contributed by atoms with Gasteiger partial charge in [0.25, 0.3) is 0 Å². The first-order chi connectivity index (χ1) is 3.80. The van der Waals surface area contributed by atoms with Gasteiger partial charge in [-0.25, -0.2) is 0 Å². The first kappa shape index (κ1) is 5.09. The summed E-state index contributed by atoms with van der Waals surface area (Å²) in [5.41, 5.74) is 0. The molecule has 0 aliphatic heterocycles. The van der Waals surface area contributed by atoms with E-state index in [2.05, 4.69) is 0 Å². The second kappa shape index (κ2) is 1.82. The van der Waals surface area contributed by atoms with Crippen LogP contribution in [0.25, 0.3) is 0 Å². The number of carbonyl (C=O) groups excluding carboxylic acids is 1. The van der Waals surface area contributed by atoms with Crippen LogP contribution < -0.4 is 0 Å². The van der Waals surface area contributed by atoms with E-state index in [1.165, 1.54) is 13.2 Å². The number of rotatable bonds is 1. The standard InChI is InChI=1S/C6H6O2/c1-5(7)6-3-2-4-8-6/h2-4H,1H3/p+1. The molecule has 0 saturated carbocycles. The smallest absolute Gasteiger partial charge is 0.461 e. The van der Waals surface area contributed by atoms with E-state index >= 15 is 0 Å². The zero-order valence-electron chi connectivity index (χ0n) is 5.55. The predicted molar refractivity (Wildman–Crippen MR) is 29.8 cm³/mol. The normalized spacial score (nSPS) is 9.12. The molecule has 0 aromatic carbocycles. The average Bonchev–Trinajstić information content (AvgIpc) is 2.12. The second-order valence-electron chi connectivity index (χ2n) is 1.53. The highest BCUT2D eigenvalue weighted by molar-refractivity contribution is 5.91. The molecule has 0 amide bonds. The fourth-order valence-corrected chi connectivity index (χ4v) is 0.479. The lowest BCUT2D eigenvalue weighted by Gasteiger charge is -1.80. The zero-order valence-corrected chi connectivity index (χ0v) is 4.55. The van der Waals surface area contributed by atoms with Gasteiger partial charge in [-0.15, -0.1) is 0 Å². The van der Waals surface area contributed by atoms with Gasteiger partial charge >= 0.3 is 1.43 Å². The molecule has 1 rings (SSSR count). The third-order valence-corrected chi connectivity index (χ3v) is 0.868. The fourth-order valence-electron chi connectivity index (χ4n) is 0.479. The van der Waals surface area contributed by atoms with E-state index in [0.29, 0.717) is 5.76 Å². The molecule has 2 heteroatoms. The Morgan fingerprint density at radius 3 is 2.88 bits per heavy atom. The van der Waals surface area contributed by atoms with Crippen molar-refractivity contribution in [1.29, 1.82) is 0 Å². The zero-order chi connectivity index (χ0) is 5.98. The van der Waals surface area contributed by atoms with Crippen molar-refractivity contribution >= 4 is 5.78 Å². The highest BCUT2D eigenvalue weighted by Gasteiger charge is 1.97. The lowest BCUT2D eigenvalue weighted by atomic mass is 10.3. The van der Waals surface area contributed by atoms with Crippen LogP contribution in [-0.4, -0.2) is 5.78 Å². The van der Waals surface area contributed by atoms with Gasteiger partial charge in [-0.3, -0.25) is 4.79 Å². The van der Waals surface area contributed by atoms with E-state index in [9.17, 15) is 4.79 Å².